The van der Waals surface area contributed by atoms with E-state index < -0.39 is 34.2 Å². The Morgan fingerprint density at radius 2 is 0.872 bits per heavy atom. The van der Waals surface area contributed by atoms with Gasteiger partial charge in [-0.15, -0.1) is 0 Å². The van der Waals surface area contributed by atoms with Crippen LogP contribution in [-0.4, -0.2) is 0 Å². The fraction of sp³-hybridized carbons (Fsp3) is 0.0588. The standard InChI is InChI=1S/2C17H12P.2ClH.Ti/c2*1-2-7-15-12-16(11-14(15)6-1)18-10-9-13-5-3-4-8-17(13)18;;;/h2*1-12H;2*1H;/q;;;;+2/p-2. The van der Waals surface area contributed by atoms with Crippen LogP contribution in [0, 0.1) is 0 Å². The van der Waals surface area contributed by atoms with Gasteiger partial charge in [-0.3, -0.25) is 0 Å². The normalized spacial score (nSPS) is 17.9. The van der Waals surface area contributed by atoms with Gasteiger partial charge in [-0.05, 0) is 0 Å². The third-order valence-electron chi connectivity index (χ3n) is 7.90. The molecule has 0 radical (unpaired) electrons. The Morgan fingerprint density at radius 1 is 0.462 bits per heavy atom. The minimum Gasteiger partial charge on any atom is -1.00 e. The third-order valence-corrected chi connectivity index (χ3v) is 16.3. The van der Waals surface area contributed by atoms with Crippen molar-refractivity contribution in [3.63, 3.8) is 0 Å². The molecule has 0 aliphatic heterocycles. The molecule has 0 fully saturated rings. The number of fused-ring (bicyclic) bond motifs is 4. The van der Waals surface area contributed by atoms with E-state index in [9.17, 15) is 0 Å². The van der Waals surface area contributed by atoms with E-state index in [1.165, 1.54) is 32.1 Å². The first-order chi connectivity index (χ1) is 18.3. The van der Waals surface area contributed by atoms with Gasteiger partial charge >= 0.3 is 229 Å². The second-order valence-electron chi connectivity index (χ2n) is 9.92. The third kappa shape index (κ3) is 4.44. The van der Waals surface area contributed by atoms with Crippen molar-refractivity contribution in [3.8, 4) is 0 Å². The quantitative estimate of drug-likeness (QED) is 0.250. The molecule has 188 valence electrons. The van der Waals surface area contributed by atoms with Crippen molar-refractivity contribution in [2.75, 3.05) is 0 Å². The second kappa shape index (κ2) is 11.0. The first-order valence-corrected chi connectivity index (χ1v) is 17.5. The molecule has 0 bridgehead atoms. The molecule has 0 nitrogen and oxygen atoms in total. The van der Waals surface area contributed by atoms with Gasteiger partial charge in [-0.25, -0.2) is 0 Å². The average Bonchev–Trinajstić information content (AvgIpc) is 3.72. The predicted octanol–water partition coefficient (Wildman–Crippen LogP) is 4.86. The Kier molecular flexibility index (Phi) is 7.56. The summed E-state index contributed by atoms with van der Waals surface area (Å²) >= 11 is -0.415. The monoisotopic (exact) mass is 612 g/mol. The van der Waals surface area contributed by atoms with Gasteiger partial charge in [0.05, 0.1) is 0 Å². The molecule has 5 heteroatoms. The molecule has 4 aromatic carbocycles. The Labute approximate surface area is 252 Å². The number of hydrogen-bond donors (Lipinski definition) is 0. The van der Waals surface area contributed by atoms with Crippen molar-refractivity contribution in [1.82, 2.24) is 0 Å². The van der Waals surface area contributed by atoms with E-state index in [0.29, 0.717) is 8.45 Å². The molecule has 6 aromatic rings. The molecule has 4 atom stereocenters. The van der Waals surface area contributed by atoms with Gasteiger partial charge in [0.15, 0.2) is 0 Å². The van der Waals surface area contributed by atoms with Crippen LogP contribution in [0.15, 0.2) is 121 Å². The van der Waals surface area contributed by atoms with E-state index >= 15 is 0 Å². The van der Waals surface area contributed by atoms with Crippen molar-refractivity contribution >= 4 is 58.9 Å². The smallest absolute Gasteiger partial charge is 1.00 e. The van der Waals surface area contributed by atoms with Crippen LogP contribution in [0.1, 0.15) is 30.7 Å². The van der Waals surface area contributed by atoms with Gasteiger partial charge in [0.2, 0.25) is 0 Å². The van der Waals surface area contributed by atoms with E-state index in [0.717, 1.165) is 0 Å². The zero-order chi connectivity index (χ0) is 24.3. The molecule has 0 saturated heterocycles. The molecule has 2 aromatic heterocycles. The maximum atomic E-state index is 2.56. The SMILES string of the molecule is C1=C(p2ccc3ccccc32)[CH]([Ti+2][CH]2C(p3ccc4ccccc43)=Cc3ccccc32)c2ccccc21.[Cl-].[Cl-]. The Balaban J connectivity index is 0.00000138. The summed E-state index contributed by atoms with van der Waals surface area (Å²) in [6, 6.07) is 41.2. The summed E-state index contributed by atoms with van der Waals surface area (Å²) < 4.78 is 1.13. The summed E-state index contributed by atoms with van der Waals surface area (Å²) in [5.41, 5.74) is 6.02. The summed E-state index contributed by atoms with van der Waals surface area (Å²) in [6.45, 7) is 0. The van der Waals surface area contributed by atoms with Crippen LogP contribution < -0.4 is 24.8 Å². The average molecular weight is 613 g/mol. The molecule has 0 amide bonds. The summed E-state index contributed by atoms with van der Waals surface area (Å²) in [7, 11) is -0.837. The van der Waals surface area contributed by atoms with Crippen molar-refractivity contribution < 1.29 is 44.0 Å². The molecule has 39 heavy (non-hydrogen) atoms. The molecular weight excluding hydrogens is 589 g/mol. The minimum atomic E-state index is -0.418. The van der Waals surface area contributed by atoms with Gasteiger partial charge in [-0.1, -0.05) is 0 Å². The number of halogens is 2. The fourth-order valence-corrected chi connectivity index (χ4v) is 15.4. The van der Waals surface area contributed by atoms with Crippen molar-refractivity contribution in [2.45, 2.75) is 8.45 Å². The maximum Gasteiger partial charge on any atom is -1.00 e. The summed E-state index contributed by atoms with van der Waals surface area (Å²) in [4.78, 5) is 0. The number of benzene rings is 4. The molecule has 8 rings (SSSR count). The van der Waals surface area contributed by atoms with Crippen molar-refractivity contribution in [3.05, 3.63) is 143 Å². The fourth-order valence-electron chi connectivity index (χ4n) is 6.16. The molecule has 2 heterocycles. The molecule has 0 spiro atoms. The van der Waals surface area contributed by atoms with Crippen LogP contribution in [-0.2, 0) is 19.2 Å². The van der Waals surface area contributed by atoms with E-state index in [1.54, 1.807) is 21.8 Å². The maximum absolute atomic E-state index is 2.56. The zero-order valence-corrected chi connectivity index (χ0v) is 25.9. The molecule has 4 unspecified atom stereocenters. The van der Waals surface area contributed by atoms with Crippen LogP contribution in [0.4, 0.5) is 0 Å². The summed E-state index contributed by atoms with van der Waals surface area (Å²) in [5, 5.41) is 9.24. The van der Waals surface area contributed by atoms with E-state index in [4.69, 9.17) is 0 Å². The Hall–Kier alpha value is -2.27. The molecule has 2 aliphatic rings. The molecular formula is C34H24Cl2P2Ti. The van der Waals surface area contributed by atoms with Gasteiger partial charge in [0, 0.05) is 0 Å². The molecule has 2 aliphatic carbocycles. The van der Waals surface area contributed by atoms with E-state index in [2.05, 4.69) is 133 Å². The predicted molar refractivity (Wildman–Crippen MR) is 160 cm³/mol. The van der Waals surface area contributed by atoms with Gasteiger partial charge in [-0.2, -0.15) is 0 Å². The topological polar surface area (TPSA) is 0 Å². The van der Waals surface area contributed by atoms with Gasteiger partial charge in [0.25, 0.3) is 0 Å². The van der Waals surface area contributed by atoms with Crippen molar-refractivity contribution in [2.24, 2.45) is 0 Å². The molecule has 0 saturated carbocycles. The Morgan fingerprint density at radius 3 is 1.36 bits per heavy atom. The second-order valence-corrected chi connectivity index (χ2v) is 16.3. The minimum absolute atomic E-state index is 0. The zero-order valence-electron chi connectivity index (χ0n) is 21.0. The molecule has 0 N–H and O–H groups in total. The largest absolute Gasteiger partial charge is 1.00 e. The Bertz CT molecular complexity index is 1760. The first-order valence-electron chi connectivity index (χ1n) is 12.9. The summed E-state index contributed by atoms with van der Waals surface area (Å²) in [5.74, 6) is 5.02. The van der Waals surface area contributed by atoms with Crippen LogP contribution >= 0.6 is 15.1 Å². The number of rotatable bonds is 4. The van der Waals surface area contributed by atoms with Crippen LogP contribution in [0.2, 0.25) is 0 Å². The van der Waals surface area contributed by atoms with E-state index in [1.807, 2.05) is 0 Å². The van der Waals surface area contributed by atoms with E-state index in [-0.39, 0.29) is 24.8 Å². The van der Waals surface area contributed by atoms with Crippen LogP contribution in [0.25, 0.3) is 43.8 Å². The van der Waals surface area contributed by atoms with Crippen LogP contribution in [0.5, 0.6) is 0 Å². The van der Waals surface area contributed by atoms with Crippen LogP contribution in [0.3, 0.4) is 0 Å². The van der Waals surface area contributed by atoms with Gasteiger partial charge < -0.3 is 24.8 Å². The van der Waals surface area contributed by atoms with Crippen molar-refractivity contribution in [1.29, 1.82) is 0 Å². The number of hydrogen-bond acceptors (Lipinski definition) is 0. The van der Waals surface area contributed by atoms with Gasteiger partial charge in [0.1, 0.15) is 0 Å². The first kappa shape index (κ1) is 26.9. The summed E-state index contributed by atoms with van der Waals surface area (Å²) in [6.07, 6.45) is 5.12. The number of allylic oxidation sites excluding steroid dienone is 2.